The lowest BCUT2D eigenvalue weighted by Gasteiger charge is -2.07. The minimum atomic E-state index is -0.301. The van der Waals surface area contributed by atoms with Crippen molar-refractivity contribution in [2.45, 2.75) is 16.7 Å². The first-order valence-electron chi connectivity index (χ1n) is 6.00. The van der Waals surface area contributed by atoms with Crippen LogP contribution < -0.4 is 0 Å². The van der Waals surface area contributed by atoms with E-state index in [-0.39, 0.29) is 5.97 Å². The Morgan fingerprint density at radius 3 is 2.45 bits per heavy atom. The summed E-state index contributed by atoms with van der Waals surface area (Å²) in [5.41, 5.74) is 0.554. The molecule has 2 rings (SSSR count). The fourth-order valence-corrected chi connectivity index (χ4v) is 3.48. The molecule has 0 aliphatic carbocycles. The Bertz CT molecular complexity index is 614. The summed E-state index contributed by atoms with van der Waals surface area (Å²) in [5.74, 6) is -0.301. The van der Waals surface area contributed by atoms with Crippen LogP contribution in [0.25, 0.3) is 0 Å². The summed E-state index contributed by atoms with van der Waals surface area (Å²) in [6, 6.07) is 14.0. The Kier molecular flexibility index (Phi) is 5.92. The van der Waals surface area contributed by atoms with Gasteiger partial charge in [0.2, 0.25) is 0 Å². The van der Waals surface area contributed by atoms with E-state index in [1.165, 1.54) is 8.47 Å². The van der Waals surface area contributed by atoms with Gasteiger partial charge in [-0.1, -0.05) is 11.8 Å². The van der Waals surface area contributed by atoms with Crippen molar-refractivity contribution in [2.75, 3.05) is 6.61 Å². The van der Waals surface area contributed by atoms with Gasteiger partial charge >= 0.3 is 5.97 Å². The zero-order chi connectivity index (χ0) is 14.5. The Balaban J connectivity index is 2.16. The fourth-order valence-electron chi connectivity index (χ4n) is 1.57. The molecule has 0 radical (unpaired) electrons. The van der Waals surface area contributed by atoms with Crippen molar-refractivity contribution in [3.63, 3.8) is 0 Å². The van der Waals surface area contributed by atoms with Gasteiger partial charge in [-0.3, -0.25) is 0 Å². The lowest BCUT2D eigenvalue weighted by Crippen LogP contribution is -2.05. The van der Waals surface area contributed by atoms with Gasteiger partial charge in [0.1, 0.15) is 0 Å². The van der Waals surface area contributed by atoms with Crippen LogP contribution in [-0.2, 0) is 4.74 Å². The topological polar surface area (TPSA) is 26.3 Å². The van der Waals surface area contributed by atoms with E-state index >= 15 is 0 Å². The van der Waals surface area contributed by atoms with Crippen molar-refractivity contribution in [3.8, 4) is 0 Å². The highest BCUT2D eigenvalue weighted by atomic mass is 127. The normalized spacial score (nSPS) is 10.3. The molecule has 104 valence electrons. The summed E-state index contributed by atoms with van der Waals surface area (Å²) in [6.45, 7) is 2.18. The molecule has 0 atom stereocenters. The van der Waals surface area contributed by atoms with E-state index in [0.29, 0.717) is 12.2 Å². The highest BCUT2D eigenvalue weighted by molar-refractivity contribution is 14.1. The molecular weight excluding hydrogens is 451 g/mol. The van der Waals surface area contributed by atoms with E-state index in [1.54, 1.807) is 24.8 Å². The largest absolute Gasteiger partial charge is 0.462 e. The van der Waals surface area contributed by atoms with Gasteiger partial charge in [-0.25, -0.2) is 4.79 Å². The van der Waals surface area contributed by atoms with Gasteiger partial charge in [0.05, 0.1) is 12.2 Å². The lowest BCUT2D eigenvalue weighted by atomic mass is 10.2. The van der Waals surface area contributed by atoms with E-state index in [1.807, 2.05) is 12.1 Å². The molecule has 0 bridgehead atoms. The van der Waals surface area contributed by atoms with E-state index in [0.717, 1.165) is 9.37 Å². The SMILES string of the molecule is CCOC(=O)c1ccc(Sc2ccc(I)cc2)cc1Br. The fraction of sp³-hybridized carbons (Fsp3) is 0.133. The van der Waals surface area contributed by atoms with E-state index in [4.69, 9.17) is 4.74 Å². The molecule has 5 heteroatoms. The summed E-state index contributed by atoms with van der Waals surface area (Å²) >= 11 is 7.37. The maximum absolute atomic E-state index is 11.7. The Labute approximate surface area is 144 Å². The summed E-state index contributed by atoms with van der Waals surface area (Å²) in [7, 11) is 0. The summed E-state index contributed by atoms with van der Waals surface area (Å²) in [6.07, 6.45) is 0. The van der Waals surface area contributed by atoms with Crippen molar-refractivity contribution >= 4 is 56.3 Å². The first-order chi connectivity index (χ1) is 9.60. The number of carbonyl (C=O) groups excluding carboxylic acids is 1. The van der Waals surface area contributed by atoms with Crippen LogP contribution in [0.15, 0.2) is 56.7 Å². The lowest BCUT2D eigenvalue weighted by molar-refractivity contribution is 0.0525. The molecule has 0 amide bonds. The third-order valence-electron chi connectivity index (χ3n) is 2.49. The third kappa shape index (κ3) is 4.23. The number of benzene rings is 2. The number of hydrogen-bond donors (Lipinski definition) is 0. The number of esters is 1. The number of rotatable bonds is 4. The van der Waals surface area contributed by atoms with Gasteiger partial charge in [0.15, 0.2) is 0 Å². The zero-order valence-corrected chi connectivity index (χ0v) is 15.3. The van der Waals surface area contributed by atoms with E-state index < -0.39 is 0 Å². The zero-order valence-electron chi connectivity index (χ0n) is 10.7. The van der Waals surface area contributed by atoms with Crippen LogP contribution >= 0.6 is 50.3 Å². The molecule has 20 heavy (non-hydrogen) atoms. The smallest absolute Gasteiger partial charge is 0.339 e. The number of hydrogen-bond acceptors (Lipinski definition) is 3. The monoisotopic (exact) mass is 462 g/mol. The quantitative estimate of drug-likeness (QED) is 0.450. The second-order valence-corrected chi connectivity index (χ2v) is 7.17. The summed E-state index contributed by atoms with van der Waals surface area (Å²) in [4.78, 5) is 14.0. The third-order valence-corrected chi connectivity index (χ3v) is 4.86. The minimum Gasteiger partial charge on any atom is -0.462 e. The molecule has 0 spiro atoms. The molecule has 0 aromatic heterocycles. The molecule has 0 saturated heterocycles. The first-order valence-corrected chi connectivity index (χ1v) is 8.69. The van der Waals surface area contributed by atoms with Crippen molar-refractivity contribution in [2.24, 2.45) is 0 Å². The van der Waals surface area contributed by atoms with Gasteiger partial charge < -0.3 is 4.74 Å². The maximum Gasteiger partial charge on any atom is 0.339 e. The molecule has 0 unspecified atom stereocenters. The van der Waals surface area contributed by atoms with Crippen LogP contribution in [0.4, 0.5) is 0 Å². The molecule has 0 fully saturated rings. The number of carbonyl (C=O) groups is 1. The van der Waals surface area contributed by atoms with Crippen LogP contribution in [0.3, 0.4) is 0 Å². The van der Waals surface area contributed by atoms with Crippen molar-refractivity contribution in [3.05, 3.63) is 56.1 Å². The Hall–Kier alpha value is -0.530. The molecular formula is C15H12BrIO2S. The minimum absolute atomic E-state index is 0.301. The number of ether oxygens (including phenoxy) is 1. The molecule has 0 aliphatic heterocycles. The molecule has 0 saturated carbocycles. The summed E-state index contributed by atoms with van der Waals surface area (Å²) < 4.78 is 6.97. The van der Waals surface area contributed by atoms with Crippen LogP contribution in [0.5, 0.6) is 0 Å². The van der Waals surface area contributed by atoms with Gasteiger partial charge in [-0.15, -0.1) is 0 Å². The van der Waals surface area contributed by atoms with Crippen molar-refractivity contribution in [1.29, 1.82) is 0 Å². The van der Waals surface area contributed by atoms with Crippen LogP contribution in [-0.4, -0.2) is 12.6 Å². The predicted molar refractivity (Wildman–Crippen MR) is 93.4 cm³/mol. The average molecular weight is 463 g/mol. The van der Waals surface area contributed by atoms with Gasteiger partial charge in [0, 0.05) is 17.8 Å². The Morgan fingerprint density at radius 1 is 1.20 bits per heavy atom. The Morgan fingerprint density at radius 2 is 1.85 bits per heavy atom. The number of halogens is 2. The van der Waals surface area contributed by atoms with Crippen molar-refractivity contribution < 1.29 is 9.53 Å². The van der Waals surface area contributed by atoms with Gasteiger partial charge in [0.25, 0.3) is 0 Å². The molecule has 0 N–H and O–H groups in total. The van der Waals surface area contributed by atoms with Crippen LogP contribution in [0.2, 0.25) is 0 Å². The second-order valence-electron chi connectivity index (χ2n) is 3.92. The van der Waals surface area contributed by atoms with Gasteiger partial charge in [-0.05, 0) is 87.9 Å². The van der Waals surface area contributed by atoms with E-state index in [9.17, 15) is 4.79 Å². The van der Waals surface area contributed by atoms with E-state index in [2.05, 4.69) is 62.8 Å². The molecule has 2 nitrogen and oxygen atoms in total. The molecule has 2 aromatic carbocycles. The predicted octanol–water partition coefficient (Wildman–Crippen LogP) is 5.38. The standard InChI is InChI=1S/C15H12BrIO2S/c1-2-19-15(18)13-8-7-12(9-14(13)16)20-11-5-3-10(17)4-6-11/h3-9H,2H2,1H3. The highest BCUT2D eigenvalue weighted by Crippen LogP contribution is 2.31. The molecule has 0 aliphatic rings. The van der Waals surface area contributed by atoms with Crippen molar-refractivity contribution in [1.82, 2.24) is 0 Å². The molecule has 0 heterocycles. The first kappa shape index (κ1) is 15.9. The highest BCUT2D eigenvalue weighted by Gasteiger charge is 2.11. The summed E-state index contributed by atoms with van der Waals surface area (Å²) in [5, 5.41) is 0. The van der Waals surface area contributed by atoms with Crippen LogP contribution in [0, 0.1) is 3.57 Å². The van der Waals surface area contributed by atoms with Gasteiger partial charge in [-0.2, -0.15) is 0 Å². The molecule has 2 aromatic rings. The second kappa shape index (κ2) is 7.47. The maximum atomic E-state index is 11.7. The van der Waals surface area contributed by atoms with Crippen LogP contribution in [0.1, 0.15) is 17.3 Å². The average Bonchev–Trinajstić information content (AvgIpc) is 2.42.